The molecule has 16 heteroatoms. The first kappa shape index (κ1) is 34.8. The second kappa shape index (κ2) is 20.6. The first-order chi connectivity index (χ1) is 8.85. The average molecular weight is 389 g/mol. The van der Waals surface area contributed by atoms with Crippen LogP contribution in [-0.2, 0) is 20.8 Å². The molecule has 0 saturated heterocycles. The number of nitrogens with zero attached hydrogens (tertiary/aromatic N) is 1. The summed E-state index contributed by atoms with van der Waals surface area (Å²) in [5, 5.41) is 25.5. The van der Waals surface area contributed by atoms with Gasteiger partial charge in [-0.25, -0.2) is 0 Å². The third kappa shape index (κ3) is 81.7. The summed E-state index contributed by atoms with van der Waals surface area (Å²) in [6.07, 6.45) is 0. The topological polar surface area (TPSA) is 219 Å². The Morgan fingerprint density at radius 2 is 0.864 bits per heavy atom. The van der Waals surface area contributed by atoms with E-state index in [1.807, 2.05) is 0 Å². The van der Waals surface area contributed by atoms with Crippen molar-refractivity contribution in [2.45, 2.75) is 0 Å². The van der Waals surface area contributed by atoms with Crippen LogP contribution < -0.4 is 59.1 Å². The Kier molecular flexibility index (Phi) is 32.6. The zero-order valence-electron chi connectivity index (χ0n) is 12.2. The Morgan fingerprint density at radius 3 is 0.955 bits per heavy atom. The summed E-state index contributed by atoms with van der Waals surface area (Å²) in [5.41, 5.74) is 0. The Balaban J connectivity index is -0.0000000692. The smallest absolute Gasteiger partial charge is 0.759 e. The van der Waals surface area contributed by atoms with E-state index < -0.39 is 20.8 Å². The van der Waals surface area contributed by atoms with Gasteiger partial charge in [0.25, 0.3) is 0 Å². The van der Waals surface area contributed by atoms with Crippen LogP contribution >= 0.6 is 0 Å². The SMILES string of the molecule is O=S(=O)(O)O.O=S(=O)([O-])[O-].OCCN(CCO)CCO.[Na+].[Na+]. The predicted octanol–water partition coefficient (Wildman–Crippen LogP) is -9.72. The molecule has 0 fully saturated rings. The number of hydrogen-bond acceptors (Lipinski definition) is 10. The molecule has 0 atom stereocenters. The molecule has 0 bridgehead atoms. The van der Waals surface area contributed by atoms with Crippen LogP contribution in [-0.4, -0.2) is 94.7 Å². The van der Waals surface area contributed by atoms with Crippen molar-refractivity contribution in [3.63, 3.8) is 0 Å². The largest absolute Gasteiger partial charge is 1.00 e. The van der Waals surface area contributed by atoms with Gasteiger partial charge in [0.2, 0.25) is 0 Å². The quantitative estimate of drug-likeness (QED) is 0.162. The summed E-state index contributed by atoms with van der Waals surface area (Å²) in [5.74, 6) is 0. The van der Waals surface area contributed by atoms with Gasteiger partial charge in [-0.3, -0.25) is 22.4 Å². The number of rotatable bonds is 6. The molecule has 0 aromatic carbocycles. The Bertz CT molecular complexity index is 341. The van der Waals surface area contributed by atoms with Crippen LogP contribution in [0.3, 0.4) is 0 Å². The van der Waals surface area contributed by atoms with Crippen molar-refractivity contribution in [1.29, 1.82) is 0 Å². The van der Waals surface area contributed by atoms with Gasteiger partial charge in [0.15, 0.2) is 0 Å². The van der Waals surface area contributed by atoms with E-state index in [0.717, 1.165) is 0 Å². The first-order valence-electron chi connectivity index (χ1n) is 4.76. The zero-order valence-corrected chi connectivity index (χ0v) is 17.8. The van der Waals surface area contributed by atoms with Crippen LogP contribution in [0.1, 0.15) is 0 Å². The van der Waals surface area contributed by atoms with Gasteiger partial charge in [-0.2, -0.15) is 8.42 Å². The molecule has 0 saturated carbocycles. The predicted molar refractivity (Wildman–Crippen MR) is 62.3 cm³/mol. The zero-order chi connectivity index (χ0) is 16.8. The molecule has 0 radical (unpaired) electrons. The van der Waals surface area contributed by atoms with Gasteiger partial charge in [0, 0.05) is 30.0 Å². The fraction of sp³-hybridized carbons (Fsp3) is 1.00. The molecule has 126 valence electrons. The van der Waals surface area contributed by atoms with Crippen LogP contribution in [0, 0.1) is 0 Å². The molecule has 0 aliphatic carbocycles. The minimum atomic E-state index is -5.17. The van der Waals surface area contributed by atoms with Gasteiger partial charge in [-0.05, 0) is 0 Å². The maximum atomic E-state index is 8.74. The van der Waals surface area contributed by atoms with E-state index in [2.05, 4.69) is 0 Å². The normalized spacial score (nSPS) is 10.2. The van der Waals surface area contributed by atoms with Crippen molar-refractivity contribution in [1.82, 2.24) is 4.90 Å². The monoisotopic (exact) mass is 389 g/mol. The molecular formula is C6H17NNa2O11S2. The maximum absolute atomic E-state index is 8.74. The third-order valence-corrected chi connectivity index (χ3v) is 1.25. The molecule has 0 unspecified atom stereocenters. The van der Waals surface area contributed by atoms with E-state index in [4.69, 9.17) is 50.4 Å². The molecule has 0 aliphatic heterocycles. The van der Waals surface area contributed by atoms with Crippen molar-refractivity contribution in [2.75, 3.05) is 39.5 Å². The van der Waals surface area contributed by atoms with Crippen LogP contribution in [0.25, 0.3) is 0 Å². The first-order valence-corrected chi connectivity index (χ1v) is 7.49. The summed E-state index contributed by atoms with van der Waals surface area (Å²) < 4.78 is 65.7. The van der Waals surface area contributed by atoms with Gasteiger partial charge >= 0.3 is 69.5 Å². The Labute approximate surface area is 173 Å². The third-order valence-electron chi connectivity index (χ3n) is 1.25. The van der Waals surface area contributed by atoms with E-state index >= 15 is 0 Å². The van der Waals surface area contributed by atoms with Gasteiger partial charge in [-0.15, -0.1) is 0 Å². The Morgan fingerprint density at radius 1 is 0.727 bits per heavy atom. The second-order valence-corrected chi connectivity index (χ2v) is 4.58. The summed E-state index contributed by atoms with van der Waals surface area (Å²) in [6.45, 7) is 1.75. The van der Waals surface area contributed by atoms with E-state index in [-0.39, 0.29) is 78.9 Å². The van der Waals surface area contributed by atoms with E-state index in [1.54, 1.807) is 4.90 Å². The molecule has 0 aliphatic rings. The van der Waals surface area contributed by atoms with E-state index in [9.17, 15) is 0 Å². The van der Waals surface area contributed by atoms with E-state index in [1.165, 1.54) is 0 Å². The van der Waals surface area contributed by atoms with Crippen molar-refractivity contribution in [2.24, 2.45) is 0 Å². The number of aliphatic hydroxyl groups is 3. The minimum Gasteiger partial charge on any atom is -0.759 e. The molecular weight excluding hydrogens is 372 g/mol. The molecule has 0 aromatic rings. The van der Waals surface area contributed by atoms with Gasteiger partial charge < -0.3 is 24.4 Å². The molecule has 5 N–H and O–H groups in total. The Hall–Kier alpha value is 1.58. The van der Waals surface area contributed by atoms with Crippen LogP contribution in [0.15, 0.2) is 0 Å². The van der Waals surface area contributed by atoms with Gasteiger partial charge in [0.05, 0.1) is 19.8 Å². The van der Waals surface area contributed by atoms with Crippen LogP contribution in [0.4, 0.5) is 0 Å². The number of hydrogen-bond donors (Lipinski definition) is 5. The van der Waals surface area contributed by atoms with Crippen LogP contribution in [0.5, 0.6) is 0 Å². The molecule has 0 spiro atoms. The van der Waals surface area contributed by atoms with Crippen molar-refractivity contribution in [3.05, 3.63) is 0 Å². The molecule has 0 amide bonds. The fourth-order valence-electron chi connectivity index (χ4n) is 0.760. The second-order valence-electron chi connectivity index (χ2n) is 2.87. The standard InChI is InChI=1S/C6H15NO3.2Na.2H2O4S/c8-4-1-7(2-5-9)3-6-10;;;2*1-5(2,3)4/h8-10H,1-6H2;;;2*(H2,1,2,3,4)/q;2*+1;;/p-2. The molecule has 0 heterocycles. The van der Waals surface area contributed by atoms with Crippen molar-refractivity contribution >= 4 is 20.8 Å². The van der Waals surface area contributed by atoms with Crippen molar-refractivity contribution in [3.8, 4) is 0 Å². The maximum Gasteiger partial charge on any atom is 1.00 e. The fourth-order valence-corrected chi connectivity index (χ4v) is 0.760. The molecule has 0 rings (SSSR count). The van der Waals surface area contributed by atoms with Gasteiger partial charge in [-0.1, -0.05) is 0 Å². The molecule has 0 aromatic heterocycles. The average Bonchev–Trinajstić information content (AvgIpc) is 2.13. The minimum absolute atomic E-state index is 0. The number of aliphatic hydroxyl groups excluding tert-OH is 3. The van der Waals surface area contributed by atoms with E-state index in [0.29, 0.717) is 19.6 Å². The molecule has 12 nitrogen and oxygen atoms in total. The summed E-state index contributed by atoms with van der Waals surface area (Å²) in [4.78, 5) is 1.79. The summed E-state index contributed by atoms with van der Waals surface area (Å²) in [7, 11) is -9.83. The van der Waals surface area contributed by atoms with Gasteiger partial charge in [0.1, 0.15) is 0 Å². The van der Waals surface area contributed by atoms with Crippen LogP contribution in [0.2, 0.25) is 0 Å². The summed E-state index contributed by atoms with van der Waals surface area (Å²) in [6, 6.07) is 0. The van der Waals surface area contributed by atoms with Crippen molar-refractivity contribution < 1.29 is 109 Å². The molecule has 22 heavy (non-hydrogen) atoms. The summed E-state index contributed by atoms with van der Waals surface area (Å²) >= 11 is 0.